The first kappa shape index (κ1) is 15.1. The van der Waals surface area contributed by atoms with Gasteiger partial charge >= 0.3 is 0 Å². The first-order valence-electron chi connectivity index (χ1n) is 9.16. The van der Waals surface area contributed by atoms with Gasteiger partial charge in [-0.25, -0.2) is 9.78 Å². The third kappa shape index (κ3) is 2.30. The summed E-state index contributed by atoms with van der Waals surface area (Å²) in [7, 11) is 0. The molecule has 4 aliphatic carbocycles. The fourth-order valence-corrected chi connectivity index (χ4v) is 5.59. The predicted molar refractivity (Wildman–Crippen MR) is 87.5 cm³/mol. The second-order valence-electron chi connectivity index (χ2n) is 8.01. The van der Waals surface area contributed by atoms with Crippen LogP contribution in [0.25, 0.3) is 0 Å². The topological polar surface area (TPSA) is 40.2 Å². The van der Waals surface area contributed by atoms with E-state index in [9.17, 15) is 0 Å². The van der Waals surface area contributed by atoms with Gasteiger partial charge in [-0.1, -0.05) is 18.2 Å². The lowest BCUT2D eigenvalue weighted by molar-refractivity contribution is -0.558. The Labute approximate surface area is 142 Å². The summed E-state index contributed by atoms with van der Waals surface area (Å²) >= 11 is 0. The highest BCUT2D eigenvalue weighted by atomic mass is 17.3. The SMILES string of the molecule is Cc1ccccc1N1COOC2(OOC1)C1CC3CC(C1)CC2C3. The second-order valence-corrected chi connectivity index (χ2v) is 8.01. The molecule has 1 aromatic carbocycles. The van der Waals surface area contributed by atoms with Crippen LogP contribution in [0.5, 0.6) is 0 Å². The number of aryl methyl sites for hydroxylation is 1. The highest BCUT2D eigenvalue weighted by Crippen LogP contribution is 2.60. The van der Waals surface area contributed by atoms with Gasteiger partial charge in [0.05, 0.1) is 0 Å². The van der Waals surface area contributed by atoms with Gasteiger partial charge in [-0.05, 0) is 62.5 Å². The van der Waals surface area contributed by atoms with E-state index in [1.165, 1.54) is 37.7 Å². The second kappa shape index (κ2) is 5.70. The van der Waals surface area contributed by atoms with E-state index in [2.05, 4.69) is 19.1 Å². The van der Waals surface area contributed by atoms with E-state index in [-0.39, 0.29) is 0 Å². The van der Waals surface area contributed by atoms with E-state index in [1.54, 1.807) is 0 Å². The van der Waals surface area contributed by atoms with E-state index in [1.807, 2.05) is 17.0 Å². The lowest BCUT2D eigenvalue weighted by Crippen LogP contribution is -2.61. The summed E-state index contributed by atoms with van der Waals surface area (Å²) in [5.74, 6) is 1.81. The molecular formula is C19H25NO4. The molecular weight excluding hydrogens is 306 g/mol. The third-order valence-corrected chi connectivity index (χ3v) is 6.53. The largest absolute Gasteiger partial charge is 0.319 e. The zero-order valence-electron chi connectivity index (χ0n) is 14.1. The summed E-state index contributed by atoms with van der Waals surface area (Å²) < 4.78 is 0. The van der Waals surface area contributed by atoms with Crippen molar-refractivity contribution in [2.75, 3.05) is 18.4 Å². The molecule has 1 spiro atoms. The molecule has 0 atom stereocenters. The molecule has 5 aliphatic rings. The van der Waals surface area contributed by atoms with E-state index >= 15 is 0 Å². The molecule has 0 aromatic heterocycles. The van der Waals surface area contributed by atoms with Crippen LogP contribution in [0.1, 0.15) is 37.7 Å². The predicted octanol–water partition coefficient (Wildman–Crippen LogP) is 3.78. The average Bonchev–Trinajstić information content (AvgIpc) is 2.54. The molecule has 1 aliphatic heterocycles. The average molecular weight is 331 g/mol. The Balaban J connectivity index is 1.33. The summed E-state index contributed by atoms with van der Waals surface area (Å²) in [4.78, 5) is 25.3. The van der Waals surface area contributed by atoms with Crippen molar-refractivity contribution in [2.45, 2.75) is 44.8 Å². The van der Waals surface area contributed by atoms with Crippen molar-refractivity contribution >= 4 is 5.69 Å². The van der Waals surface area contributed by atoms with Gasteiger partial charge < -0.3 is 4.90 Å². The quantitative estimate of drug-likeness (QED) is 0.733. The van der Waals surface area contributed by atoms with Crippen LogP contribution in [0, 0.1) is 30.6 Å². The Morgan fingerprint density at radius 3 is 2.04 bits per heavy atom. The lowest BCUT2D eigenvalue weighted by Gasteiger charge is -2.58. The summed E-state index contributed by atoms with van der Waals surface area (Å²) in [6.45, 7) is 2.78. The van der Waals surface area contributed by atoms with Crippen molar-refractivity contribution in [1.82, 2.24) is 0 Å². The van der Waals surface area contributed by atoms with Crippen LogP contribution in [0.2, 0.25) is 0 Å². The zero-order chi connectivity index (χ0) is 16.1. The van der Waals surface area contributed by atoms with Crippen molar-refractivity contribution in [3.05, 3.63) is 29.8 Å². The highest BCUT2D eigenvalue weighted by Gasteiger charge is 2.61. The molecule has 1 saturated heterocycles. The molecule has 130 valence electrons. The smallest absolute Gasteiger partial charge is 0.239 e. The van der Waals surface area contributed by atoms with E-state index in [0.717, 1.165) is 17.5 Å². The van der Waals surface area contributed by atoms with E-state index in [4.69, 9.17) is 19.6 Å². The number of benzene rings is 1. The van der Waals surface area contributed by atoms with E-state index < -0.39 is 5.79 Å². The Kier molecular flexibility index (Phi) is 3.59. The Morgan fingerprint density at radius 1 is 0.875 bits per heavy atom. The molecule has 24 heavy (non-hydrogen) atoms. The van der Waals surface area contributed by atoms with E-state index in [0.29, 0.717) is 25.3 Å². The maximum atomic E-state index is 5.95. The van der Waals surface area contributed by atoms with Gasteiger partial charge in [0.1, 0.15) is 0 Å². The number of anilines is 1. The van der Waals surface area contributed by atoms with Crippen LogP contribution >= 0.6 is 0 Å². The summed E-state index contributed by atoms with van der Waals surface area (Å²) in [6.07, 6.45) is 6.12. The molecule has 0 N–H and O–H groups in total. The number of rotatable bonds is 1. The number of hydrogen-bond acceptors (Lipinski definition) is 5. The molecule has 5 heteroatoms. The van der Waals surface area contributed by atoms with Crippen LogP contribution in [0.3, 0.4) is 0 Å². The van der Waals surface area contributed by atoms with Gasteiger partial charge in [-0.3, -0.25) is 0 Å². The van der Waals surface area contributed by atoms with Gasteiger partial charge in [-0.2, -0.15) is 9.78 Å². The number of hydrogen-bond donors (Lipinski definition) is 0. The number of para-hydroxylation sites is 1. The molecule has 0 unspecified atom stereocenters. The van der Waals surface area contributed by atoms with Crippen LogP contribution in [-0.4, -0.2) is 19.2 Å². The van der Waals surface area contributed by atoms with Crippen LogP contribution in [0.4, 0.5) is 5.69 Å². The van der Waals surface area contributed by atoms with Crippen LogP contribution in [0.15, 0.2) is 24.3 Å². The Hall–Kier alpha value is -1.14. The van der Waals surface area contributed by atoms with Crippen molar-refractivity contribution in [3.63, 3.8) is 0 Å². The van der Waals surface area contributed by atoms with Gasteiger partial charge in [-0.15, -0.1) is 0 Å². The van der Waals surface area contributed by atoms with Crippen LogP contribution < -0.4 is 4.90 Å². The molecule has 4 bridgehead atoms. The monoisotopic (exact) mass is 331 g/mol. The Morgan fingerprint density at radius 2 is 1.46 bits per heavy atom. The minimum Gasteiger partial charge on any atom is -0.319 e. The molecule has 6 rings (SSSR count). The minimum absolute atomic E-state index is 0.349. The summed E-state index contributed by atoms with van der Waals surface area (Å²) in [5.41, 5.74) is 2.25. The van der Waals surface area contributed by atoms with Crippen molar-refractivity contribution in [2.24, 2.45) is 23.7 Å². The van der Waals surface area contributed by atoms with Crippen molar-refractivity contribution < 1.29 is 19.6 Å². The van der Waals surface area contributed by atoms with Gasteiger partial charge in [0.25, 0.3) is 0 Å². The van der Waals surface area contributed by atoms with Crippen LogP contribution in [-0.2, 0) is 19.6 Å². The first-order valence-corrected chi connectivity index (χ1v) is 9.16. The summed E-state index contributed by atoms with van der Waals surface area (Å²) in [6, 6.07) is 8.18. The lowest BCUT2D eigenvalue weighted by atomic mass is 9.53. The van der Waals surface area contributed by atoms with Gasteiger partial charge in [0.2, 0.25) is 5.79 Å². The highest BCUT2D eigenvalue weighted by molar-refractivity contribution is 5.52. The molecule has 0 radical (unpaired) electrons. The molecule has 1 aromatic rings. The van der Waals surface area contributed by atoms with Crippen molar-refractivity contribution in [1.29, 1.82) is 0 Å². The standard InChI is InChI=1S/C19H25NO4/c1-13-4-2-3-5-18(13)20-11-21-23-19(24-22-12-20)16-7-14-6-15(9-16)10-17(19)8-14/h2-5,14-17H,6-12H2,1H3. The maximum Gasteiger partial charge on any atom is 0.239 e. The maximum absolute atomic E-state index is 5.95. The van der Waals surface area contributed by atoms with Gasteiger partial charge in [0, 0.05) is 17.5 Å². The third-order valence-electron chi connectivity index (χ3n) is 6.53. The molecule has 5 nitrogen and oxygen atoms in total. The first-order chi connectivity index (χ1) is 11.7. The molecule has 4 saturated carbocycles. The molecule has 1 heterocycles. The minimum atomic E-state index is -0.689. The molecule has 0 amide bonds. The summed E-state index contributed by atoms with van der Waals surface area (Å²) in [5, 5.41) is 0. The fraction of sp³-hybridized carbons (Fsp3) is 0.684. The molecule has 5 fully saturated rings. The normalized spacial score (nSPS) is 37.5. The van der Waals surface area contributed by atoms with Crippen molar-refractivity contribution in [3.8, 4) is 0 Å². The number of nitrogens with zero attached hydrogens (tertiary/aromatic N) is 1. The zero-order valence-corrected chi connectivity index (χ0v) is 14.1. The van der Waals surface area contributed by atoms with Gasteiger partial charge in [0.15, 0.2) is 13.5 Å². The fourth-order valence-electron chi connectivity index (χ4n) is 5.59. The Bertz CT molecular complexity index is 579.